The molecule has 18 heavy (non-hydrogen) atoms. The Hall–Kier alpha value is -0.770. The van der Waals surface area contributed by atoms with Gasteiger partial charge in [0.05, 0.1) is 0 Å². The molecule has 0 bridgehead atoms. The lowest BCUT2D eigenvalue weighted by molar-refractivity contribution is 0.512. The topological polar surface area (TPSA) is 12.0 Å². The van der Waals surface area contributed by atoms with Gasteiger partial charge in [-0.1, -0.05) is 18.2 Å². The second kappa shape index (κ2) is 5.47. The number of hydrogen-bond acceptors (Lipinski definition) is 3. The zero-order valence-electron chi connectivity index (χ0n) is 10.5. The first kappa shape index (κ1) is 12.3. The predicted octanol–water partition coefficient (Wildman–Crippen LogP) is 4.38. The summed E-state index contributed by atoms with van der Waals surface area (Å²) in [5.41, 5.74) is 2.88. The average molecular weight is 275 g/mol. The lowest BCUT2D eigenvalue weighted by atomic mass is 10.0. The Balaban J connectivity index is 1.73. The molecule has 0 fully saturated rings. The zero-order valence-corrected chi connectivity index (χ0v) is 12.1. The summed E-state index contributed by atoms with van der Waals surface area (Å²) in [4.78, 5) is 2.91. The van der Waals surface area contributed by atoms with Crippen LogP contribution in [0.1, 0.15) is 28.5 Å². The third kappa shape index (κ3) is 2.48. The van der Waals surface area contributed by atoms with Gasteiger partial charge in [-0.15, -0.1) is 23.1 Å². The van der Waals surface area contributed by atoms with Crippen molar-refractivity contribution in [2.75, 3.05) is 5.75 Å². The molecular weight excluding hydrogens is 258 g/mol. The Labute approximate surface area is 117 Å². The second-order valence-corrected chi connectivity index (χ2v) is 6.77. The highest BCUT2D eigenvalue weighted by molar-refractivity contribution is 7.99. The maximum absolute atomic E-state index is 3.72. The van der Waals surface area contributed by atoms with E-state index in [1.54, 1.807) is 0 Å². The molecule has 1 atom stereocenters. The molecule has 0 saturated carbocycles. The molecule has 3 rings (SSSR count). The van der Waals surface area contributed by atoms with Crippen molar-refractivity contribution in [2.24, 2.45) is 0 Å². The average Bonchev–Trinajstić information content (AvgIpc) is 2.82. The lowest BCUT2D eigenvalue weighted by Gasteiger charge is -2.26. The molecule has 0 saturated heterocycles. The molecule has 0 radical (unpaired) electrons. The van der Waals surface area contributed by atoms with Gasteiger partial charge in [0.2, 0.25) is 0 Å². The number of thioether (sulfide) groups is 1. The minimum atomic E-state index is 0.518. The van der Waals surface area contributed by atoms with E-state index in [4.69, 9.17) is 0 Å². The first-order valence-electron chi connectivity index (χ1n) is 6.32. The summed E-state index contributed by atoms with van der Waals surface area (Å²) in [7, 11) is 0. The summed E-state index contributed by atoms with van der Waals surface area (Å²) in [6.07, 6.45) is 1.23. The number of thiophene rings is 1. The molecule has 3 heteroatoms. The van der Waals surface area contributed by atoms with Gasteiger partial charge in [0.15, 0.2) is 0 Å². The van der Waals surface area contributed by atoms with Crippen molar-refractivity contribution in [1.82, 2.24) is 5.32 Å². The first-order chi connectivity index (χ1) is 8.84. The number of fused-ring (bicyclic) bond motifs is 1. The molecule has 1 aliphatic rings. The molecule has 0 spiro atoms. The lowest BCUT2D eigenvalue weighted by Crippen LogP contribution is -2.24. The largest absolute Gasteiger partial charge is 0.305 e. The van der Waals surface area contributed by atoms with Crippen LogP contribution in [0.25, 0.3) is 0 Å². The third-order valence-electron chi connectivity index (χ3n) is 3.44. The first-order valence-corrected chi connectivity index (χ1v) is 8.19. The third-order valence-corrected chi connectivity index (χ3v) is 5.58. The predicted molar refractivity (Wildman–Crippen MR) is 80.4 cm³/mol. The summed E-state index contributed by atoms with van der Waals surface area (Å²) < 4.78 is 0. The highest BCUT2D eigenvalue weighted by Crippen LogP contribution is 2.36. The van der Waals surface area contributed by atoms with Gasteiger partial charge in [-0.2, -0.15) is 0 Å². The molecule has 1 aromatic carbocycles. The van der Waals surface area contributed by atoms with E-state index < -0.39 is 0 Å². The van der Waals surface area contributed by atoms with Crippen molar-refractivity contribution >= 4 is 23.1 Å². The van der Waals surface area contributed by atoms with Gasteiger partial charge in [-0.25, -0.2) is 0 Å². The van der Waals surface area contributed by atoms with Crippen molar-refractivity contribution in [2.45, 2.75) is 30.8 Å². The molecule has 1 nitrogen and oxygen atoms in total. The van der Waals surface area contributed by atoms with E-state index in [9.17, 15) is 0 Å². The smallest absolute Gasteiger partial charge is 0.0342 e. The van der Waals surface area contributed by atoms with Crippen LogP contribution in [0, 0.1) is 6.92 Å². The molecule has 2 heterocycles. The van der Waals surface area contributed by atoms with Crippen LogP contribution in [0.2, 0.25) is 0 Å². The fraction of sp³-hybridized carbons (Fsp3) is 0.333. The quantitative estimate of drug-likeness (QED) is 0.892. The van der Waals surface area contributed by atoms with E-state index in [2.05, 4.69) is 48.0 Å². The van der Waals surface area contributed by atoms with Crippen molar-refractivity contribution in [1.29, 1.82) is 0 Å². The van der Waals surface area contributed by atoms with Crippen LogP contribution in [0.5, 0.6) is 0 Å². The van der Waals surface area contributed by atoms with Gasteiger partial charge in [-0.05, 0) is 47.7 Å². The van der Waals surface area contributed by atoms with E-state index in [1.165, 1.54) is 33.1 Å². The number of nitrogens with one attached hydrogen (secondary N) is 1. The highest BCUT2D eigenvalue weighted by atomic mass is 32.2. The molecule has 1 unspecified atom stereocenters. The molecule has 0 amide bonds. The number of hydrogen-bond donors (Lipinski definition) is 1. The van der Waals surface area contributed by atoms with Gasteiger partial charge in [0.25, 0.3) is 0 Å². The summed E-state index contributed by atoms with van der Waals surface area (Å²) in [6, 6.07) is 11.5. The van der Waals surface area contributed by atoms with Crippen LogP contribution in [-0.2, 0) is 6.54 Å². The van der Waals surface area contributed by atoms with E-state index in [0.29, 0.717) is 6.04 Å². The van der Waals surface area contributed by atoms with Crippen LogP contribution in [0.15, 0.2) is 40.6 Å². The Bertz CT molecular complexity index is 533. The monoisotopic (exact) mass is 275 g/mol. The summed E-state index contributed by atoms with van der Waals surface area (Å²) >= 11 is 3.83. The standard InChI is InChI=1S/C15H17NS2/c1-11-6-8-18-15(11)10-16-13-7-9-17-14-5-3-2-4-12(13)14/h2-6,8,13,16H,7,9-10H2,1H3. The van der Waals surface area contributed by atoms with Gasteiger partial charge < -0.3 is 5.32 Å². The van der Waals surface area contributed by atoms with Crippen LogP contribution in [-0.4, -0.2) is 5.75 Å². The Morgan fingerprint density at radius 1 is 1.28 bits per heavy atom. The van der Waals surface area contributed by atoms with Gasteiger partial charge in [0, 0.05) is 22.4 Å². The number of aryl methyl sites for hydroxylation is 1. The van der Waals surface area contributed by atoms with Crippen LogP contribution in [0.4, 0.5) is 0 Å². The fourth-order valence-corrected chi connectivity index (χ4v) is 4.34. The van der Waals surface area contributed by atoms with E-state index in [1.807, 2.05) is 23.1 Å². The zero-order chi connectivity index (χ0) is 12.4. The van der Waals surface area contributed by atoms with E-state index >= 15 is 0 Å². The normalized spacial score (nSPS) is 18.6. The highest BCUT2D eigenvalue weighted by Gasteiger charge is 2.19. The SMILES string of the molecule is Cc1ccsc1CNC1CCSc2ccccc21. The Kier molecular flexibility index (Phi) is 3.73. The molecule has 2 aromatic rings. The summed E-state index contributed by atoms with van der Waals surface area (Å²) in [5, 5.41) is 5.90. The Morgan fingerprint density at radius 3 is 3.00 bits per heavy atom. The van der Waals surface area contributed by atoms with Crippen molar-refractivity contribution in [3.63, 3.8) is 0 Å². The molecule has 1 N–H and O–H groups in total. The maximum Gasteiger partial charge on any atom is 0.0342 e. The maximum atomic E-state index is 3.72. The van der Waals surface area contributed by atoms with Crippen LogP contribution < -0.4 is 5.32 Å². The molecule has 1 aliphatic heterocycles. The van der Waals surface area contributed by atoms with Gasteiger partial charge >= 0.3 is 0 Å². The molecule has 1 aromatic heterocycles. The van der Waals surface area contributed by atoms with Crippen molar-refractivity contribution in [3.8, 4) is 0 Å². The molecular formula is C15H17NS2. The fourth-order valence-electron chi connectivity index (χ4n) is 2.36. The van der Waals surface area contributed by atoms with Gasteiger partial charge in [0.1, 0.15) is 0 Å². The Morgan fingerprint density at radius 2 is 2.17 bits per heavy atom. The number of rotatable bonds is 3. The van der Waals surface area contributed by atoms with Crippen LogP contribution >= 0.6 is 23.1 Å². The number of benzene rings is 1. The van der Waals surface area contributed by atoms with Gasteiger partial charge in [-0.3, -0.25) is 0 Å². The van der Waals surface area contributed by atoms with E-state index in [0.717, 1.165) is 6.54 Å². The molecule has 94 valence electrons. The van der Waals surface area contributed by atoms with Crippen molar-refractivity contribution < 1.29 is 0 Å². The van der Waals surface area contributed by atoms with Crippen molar-refractivity contribution in [3.05, 3.63) is 51.7 Å². The summed E-state index contributed by atoms with van der Waals surface area (Å²) in [5.74, 6) is 1.22. The van der Waals surface area contributed by atoms with Crippen LogP contribution in [0.3, 0.4) is 0 Å². The minimum Gasteiger partial charge on any atom is -0.305 e. The molecule has 0 aliphatic carbocycles. The minimum absolute atomic E-state index is 0.518. The second-order valence-electron chi connectivity index (χ2n) is 4.64. The van der Waals surface area contributed by atoms with E-state index in [-0.39, 0.29) is 0 Å². The summed E-state index contributed by atoms with van der Waals surface area (Å²) in [6.45, 7) is 3.19.